The van der Waals surface area contributed by atoms with Crippen LogP contribution in [0.3, 0.4) is 0 Å². The quantitative estimate of drug-likeness (QED) is 0.0857. The number of carbonyl (C=O) groups is 5. The van der Waals surface area contributed by atoms with Gasteiger partial charge in [0.05, 0.1) is 23.4 Å². The average molecular weight is 875 g/mol. The van der Waals surface area contributed by atoms with Crippen LogP contribution in [0, 0.1) is 46.8 Å². The highest BCUT2D eigenvalue weighted by molar-refractivity contribution is 9.13. The van der Waals surface area contributed by atoms with Gasteiger partial charge in [0.15, 0.2) is 44.5 Å². The van der Waals surface area contributed by atoms with Gasteiger partial charge in [-0.2, -0.15) is 0 Å². The smallest absolute Gasteiger partial charge is 0.303 e. The zero-order valence-corrected chi connectivity index (χ0v) is 29.8. The van der Waals surface area contributed by atoms with Crippen LogP contribution in [0.2, 0.25) is 0 Å². The Hall–Kier alpha value is -3.28. The van der Waals surface area contributed by atoms with E-state index in [-0.39, 0.29) is 56.5 Å². The molecule has 2 heterocycles. The molecule has 2 aliphatic heterocycles. The van der Waals surface area contributed by atoms with E-state index in [1.54, 1.807) is 0 Å². The lowest BCUT2D eigenvalue weighted by molar-refractivity contribution is -0.142. The van der Waals surface area contributed by atoms with E-state index < -0.39 is 110 Å². The van der Waals surface area contributed by atoms with Crippen molar-refractivity contribution in [3.8, 4) is 11.5 Å². The number of carbonyl (C=O) groups excluding carboxylic acids is 4. The van der Waals surface area contributed by atoms with Crippen LogP contribution in [-0.2, 0) is 24.0 Å². The van der Waals surface area contributed by atoms with Crippen molar-refractivity contribution in [3.05, 3.63) is 61.3 Å². The highest BCUT2D eigenvalue weighted by Gasteiger charge is 2.77. The Morgan fingerprint density at radius 2 is 1.56 bits per heavy atom. The Bertz CT molecular complexity index is 1960. The zero-order chi connectivity index (χ0) is 36.9. The van der Waals surface area contributed by atoms with Crippen LogP contribution in [0.1, 0.15) is 37.2 Å². The topological polar surface area (TPSA) is 142 Å². The predicted octanol–water partition coefficient (Wildman–Crippen LogP) is 6.05. The van der Waals surface area contributed by atoms with Gasteiger partial charge < -0.3 is 14.9 Å². The lowest BCUT2D eigenvalue weighted by Crippen LogP contribution is -2.60. The fourth-order valence-corrected chi connectivity index (χ4v) is 9.45. The number of amides is 4. The zero-order valence-electron chi connectivity index (χ0n) is 25.1. The van der Waals surface area contributed by atoms with Crippen LogP contribution in [-0.4, -0.2) is 68.1 Å². The van der Waals surface area contributed by atoms with Crippen LogP contribution in [0.15, 0.2) is 26.7 Å². The number of carboxylic acid groups (broad SMARTS) is 1. The largest absolute Gasteiger partial charge is 0.503 e. The number of imide groups is 2. The van der Waals surface area contributed by atoms with E-state index in [4.69, 9.17) is 33.0 Å². The molecular weight excluding hydrogens is 854 g/mol. The number of phenolic OH excluding ortho intramolecular Hbond substituents is 1. The number of alkyl halides is 2. The van der Waals surface area contributed by atoms with E-state index in [1.807, 2.05) is 0 Å². The molecule has 0 radical (unpaired) electrons. The number of aromatic hydroxyl groups is 1. The fraction of sp³-hybridized carbons (Fsp3) is 0.387. The van der Waals surface area contributed by atoms with E-state index >= 15 is 8.78 Å². The number of methoxy groups -OCH3 is 1. The molecule has 3 fully saturated rings. The van der Waals surface area contributed by atoms with Crippen molar-refractivity contribution < 1.29 is 60.9 Å². The summed E-state index contributed by atoms with van der Waals surface area (Å²) in [4.78, 5) is 62.2. The van der Waals surface area contributed by atoms with Gasteiger partial charge in [-0.25, -0.2) is 26.9 Å². The number of likely N-dealkylation sites (tertiary alicyclic amines) is 1. The van der Waals surface area contributed by atoms with Crippen molar-refractivity contribution in [2.24, 2.45) is 17.8 Å². The number of hydrogen-bond donors (Lipinski definition) is 2. The molecule has 1 saturated carbocycles. The van der Waals surface area contributed by atoms with Crippen molar-refractivity contribution in [2.75, 3.05) is 18.6 Å². The summed E-state index contributed by atoms with van der Waals surface area (Å²) in [7, 11) is 1.19. The Morgan fingerprint density at radius 1 is 0.960 bits per heavy atom. The number of fused-ring (bicyclic) bond motifs is 4. The number of phenols is 1. The van der Waals surface area contributed by atoms with Crippen LogP contribution in [0.25, 0.3) is 0 Å². The Morgan fingerprint density at radius 3 is 2.14 bits per heavy atom. The summed E-state index contributed by atoms with van der Waals surface area (Å²) in [6.07, 6.45) is 0.265. The van der Waals surface area contributed by atoms with Crippen molar-refractivity contribution in [1.29, 1.82) is 0 Å². The summed E-state index contributed by atoms with van der Waals surface area (Å²) in [5.74, 6) is -24.0. The summed E-state index contributed by atoms with van der Waals surface area (Å²) >= 11 is 20.8. The first-order chi connectivity index (χ1) is 23.4. The summed E-state index contributed by atoms with van der Waals surface area (Å²) in [5, 5.41) is 19.7. The lowest BCUT2D eigenvalue weighted by atomic mass is 9.56. The van der Waals surface area contributed by atoms with E-state index in [9.17, 15) is 42.3 Å². The van der Waals surface area contributed by atoms with Gasteiger partial charge in [0, 0.05) is 23.4 Å². The van der Waals surface area contributed by atoms with Gasteiger partial charge in [0.25, 0.3) is 11.8 Å². The highest BCUT2D eigenvalue weighted by Crippen LogP contribution is 2.67. The molecule has 0 bridgehead atoms. The molecule has 2 aromatic rings. The number of nitrogens with zero attached hydrogens (tertiary/aromatic N) is 2. The number of benzene rings is 2. The maximum absolute atomic E-state index is 15.2. The molecule has 19 heteroatoms. The summed E-state index contributed by atoms with van der Waals surface area (Å²) in [5.41, 5.74) is -1.76. The van der Waals surface area contributed by atoms with Crippen LogP contribution in [0.5, 0.6) is 11.5 Å². The summed E-state index contributed by atoms with van der Waals surface area (Å²) < 4.78 is 78.6. The van der Waals surface area contributed by atoms with Gasteiger partial charge in [-0.3, -0.25) is 28.9 Å². The van der Waals surface area contributed by atoms with Gasteiger partial charge >= 0.3 is 5.97 Å². The van der Waals surface area contributed by atoms with Crippen molar-refractivity contribution in [2.45, 2.75) is 41.3 Å². The van der Waals surface area contributed by atoms with E-state index in [1.165, 1.54) is 19.3 Å². The number of carboxylic acids is 1. The number of hydrogen-bond acceptors (Lipinski definition) is 7. The molecule has 4 amide bonds. The Balaban J connectivity index is 1.59. The SMILES string of the molecule is COc1cc(C2C3=CCC4C(=O)N(CCCC(=O)O)C(=O)C4C3CC3(Cl)C(=O)N(c4c(F)c(F)c(F)c(F)c4F)C(=O)C23Cl)c(Br)c(Br)c1O. The molecule has 0 aromatic heterocycles. The number of rotatable bonds is 7. The molecule has 2 N–H and O–H groups in total. The molecule has 266 valence electrons. The molecule has 50 heavy (non-hydrogen) atoms. The van der Waals surface area contributed by atoms with Gasteiger partial charge in [-0.15, -0.1) is 23.2 Å². The molecule has 2 aliphatic carbocycles. The number of halogens is 9. The van der Waals surface area contributed by atoms with Gasteiger partial charge in [-0.05, 0) is 68.7 Å². The van der Waals surface area contributed by atoms with Crippen molar-refractivity contribution in [3.63, 3.8) is 0 Å². The highest BCUT2D eigenvalue weighted by atomic mass is 79.9. The molecular formula is C31H21Br2Cl2F5N2O8. The minimum Gasteiger partial charge on any atom is -0.503 e. The Labute approximate surface area is 305 Å². The predicted molar refractivity (Wildman–Crippen MR) is 170 cm³/mol. The third-order valence-electron chi connectivity index (χ3n) is 9.79. The first kappa shape index (κ1) is 36.5. The first-order valence-electron chi connectivity index (χ1n) is 14.7. The maximum atomic E-state index is 15.2. The van der Waals surface area contributed by atoms with Crippen LogP contribution in [0.4, 0.5) is 27.6 Å². The number of allylic oxidation sites excluding steroid dienone is 2. The number of ether oxygens (including phenoxy) is 1. The van der Waals surface area contributed by atoms with E-state index in [2.05, 4.69) is 31.9 Å². The van der Waals surface area contributed by atoms with Crippen molar-refractivity contribution >= 4 is 90.3 Å². The second-order valence-corrected chi connectivity index (χ2v) is 15.0. The molecule has 4 aliphatic rings. The second kappa shape index (κ2) is 12.4. The van der Waals surface area contributed by atoms with Crippen molar-refractivity contribution in [1.82, 2.24) is 4.90 Å². The molecule has 2 saturated heterocycles. The summed E-state index contributed by atoms with van der Waals surface area (Å²) in [6.45, 7) is -0.243. The minimum atomic E-state index is -2.79. The summed E-state index contributed by atoms with van der Waals surface area (Å²) in [6, 6.07) is 1.21. The monoisotopic (exact) mass is 872 g/mol. The molecule has 6 atom stereocenters. The van der Waals surface area contributed by atoms with E-state index in [0.29, 0.717) is 0 Å². The minimum absolute atomic E-state index is 0.0163. The number of anilines is 1. The van der Waals surface area contributed by atoms with Gasteiger partial charge in [-0.1, -0.05) is 11.6 Å². The third-order valence-corrected chi connectivity index (χ3v) is 13.4. The second-order valence-electron chi connectivity index (χ2n) is 12.2. The fourth-order valence-electron chi connectivity index (χ4n) is 7.56. The first-order valence-corrected chi connectivity index (χ1v) is 17.0. The van der Waals surface area contributed by atoms with Gasteiger partial charge in [0.2, 0.25) is 17.6 Å². The third kappa shape index (κ3) is 4.78. The molecule has 6 unspecified atom stereocenters. The molecule has 6 rings (SSSR count). The molecule has 2 aromatic carbocycles. The Kier molecular flexibility index (Phi) is 9.09. The maximum Gasteiger partial charge on any atom is 0.303 e. The molecule has 0 spiro atoms. The average Bonchev–Trinajstić information content (AvgIpc) is 3.40. The van der Waals surface area contributed by atoms with Crippen LogP contribution >= 0.6 is 55.1 Å². The lowest BCUT2D eigenvalue weighted by Gasteiger charge is -2.51. The standard InChI is InChI=1S/C31H21Br2Cl2F5N2O8/c1-50-13-7-11(17(32)18(33)25(13)45)16-9-4-5-10-15(27(47)41(26(10)46)6-2-3-14(43)44)12(9)8-30(34)28(48)42(29(49)31(16,30)35)24-22(39)20(37)19(36)21(38)23(24)40/h4,7,10,12,15-16,45H,2-3,5-6,8H2,1H3,(H,43,44). The normalized spacial score (nSPS) is 28.9. The number of aliphatic carboxylic acids is 1. The van der Waals surface area contributed by atoms with Gasteiger partial charge in [0.1, 0.15) is 5.69 Å². The molecule has 10 nitrogen and oxygen atoms in total. The van der Waals surface area contributed by atoms with E-state index in [0.717, 1.165) is 4.90 Å². The van der Waals surface area contributed by atoms with Crippen LogP contribution < -0.4 is 9.64 Å².